The van der Waals surface area contributed by atoms with Gasteiger partial charge in [0.05, 0.1) is 5.60 Å². The Morgan fingerprint density at radius 1 is 1.32 bits per heavy atom. The lowest BCUT2D eigenvalue weighted by Gasteiger charge is -2.27. The summed E-state index contributed by atoms with van der Waals surface area (Å²) in [6.07, 6.45) is 8.33. The summed E-state index contributed by atoms with van der Waals surface area (Å²) in [6.45, 7) is 1.94. The number of rotatable bonds is 4. The number of likely N-dealkylation sites (tertiary alicyclic amines) is 1. The molecule has 0 bridgehead atoms. The molecule has 1 saturated carbocycles. The van der Waals surface area contributed by atoms with Crippen molar-refractivity contribution in [3.8, 4) is 0 Å². The molecule has 2 aliphatic rings. The van der Waals surface area contributed by atoms with Crippen LogP contribution in [0.5, 0.6) is 0 Å². The zero-order valence-corrected chi connectivity index (χ0v) is 11.1. The number of halogens is 1. The lowest BCUT2D eigenvalue weighted by atomic mass is 10.1. The summed E-state index contributed by atoms with van der Waals surface area (Å²) in [5, 5.41) is 10.2. The molecule has 1 atom stereocenters. The van der Waals surface area contributed by atoms with Crippen molar-refractivity contribution in [2.75, 3.05) is 13.1 Å². The van der Waals surface area contributed by atoms with E-state index in [2.05, 4.69) is 11.0 Å². The fourth-order valence-electron chi connectivity index (χ4n) is 3.01. The summed E-state index contributed by atoms with van der Waals surface area (Å²) in [4.78, 5) is 2.37. The van der Waals surface area contributed by atoms with E-state index in [0.29, 0.717) is 6.04 Å². The second-order valence-electron chi connectivity index (χ2n) is 5.71. The molecule has 102 valence electrons. The van der Waals surface area contributed by atoms with E-state index in [1.807, 2.05) is 6.08 Å². The molecule has 1 unspecified atom stereocenters. The highest BCUT2D eigenvalue weighted by Gasteiger charge is 2.50. The summed E-state index contributed by atoms with van der Waals surface area (Å²) >= 11 is 0. The average molecular weight is 261 g/mol. The van der Waals surface area contributed by atoms with E-state index in [1.165, 1.54) is 18.6 Å². The molecule has 3 rings (SSSR count). The van der Waals surface area contributed by atoms with Gasteiger partial charge >= 0.3 is 0 Å². The van der Waals surface area contributed by atoms with Gasteiger partial charge in [0, 0.05) is 12.6 Å². The summed E-state index contributed by atoms with van der Waals surface area (Å²) in [6, 6.07) is 6.85. The standard InChI is InChI=1S/C16H20FNO/c17-14-7-5-13(6-8-14)3-1-11-18-12-2-4-15(18)16(19)9-10-16/h1,3,5-8,15,19H,2,4,9-12H2. The molecule has 19 heavy (non-hydrogen) atoms. The SMILES string of the molecule is OC1(C2CCCN2CC=Cc2ccc(F)cc2)CC1. The molecular formula is C16H20FNO. The fourth-order valence-corrected chi connectivity index (χ4v) is 3.01. The molecule has 2 fully saturated rings. The predicted octanol–water partition coefficient (Wildman–Crippen LogP) is 2.83. The van der Waals surface area contributed by atoms with E-state index in [0.717, 1.165) is 37.9 Å². The van der Waals surface area contributed by atoms with Gasteiger partial charge in [-0.3, -0.25) is 4.90 Å². The predicted molar refractivity (Wildman–Crippen MR) is 74.2 cm³/mol. The van der Waals surface area contributed by atoms with Gasteiger partial charge in [-0.2, -0.15) is 0 Å². The van der Waals surface area contributed by atoms with Crippen molar-refractivity contribution in [3.05, 3.63) is 41.7 Å². The Kier molecular flexibility index (Phi) is 3.42. The van der Waals surface area contributed by atoms with E-state index in [4.69, 9.17) is 0 Å². The van der Waals surface area contributed by atoms with E-state index in [1.54, 1.807) is 12.1 Å². The largest absolute Gasteiger partial charge is 0.388 e. The van der Waals surface area contributed by atoms with Gasteiger partial charge in [0.2, 0.25) is 0 Å². The third-order valence-corrected chi connectivity index (χ3v) is 4.27. The van der Waals surface area contributed by atoms with Crippen LogP contribution in [-0.4, -0.2) is 34.7 Å². The van der Waals surface area contributed by atoms with Gasteiger partial charge in [0.25, 0.3) is 0 Å². The third-order valence-electron chi connectivity index (χ3n) is 4.27. The zero-order chi connectivity index (χ0) is 13.3. The number of aliphatic hydroxyl groups is 1. The van der Waals surface area contributed by atoms with Crippen molar-refractivity contribution in [2.45, 2.75) is 37.3 Å². The van der Waals surface area contributed by atoms with E-state index in [9.17, 15) is 9.50 Å². The van der Waals surface area contributed by atoms with Gasteiger partial charge in [-0.25, -0.2) is 4.39 Å². The molecule has 1 saturated heterocycles. The van der Waals surface area contributed by atoms with Crippen LogP contribution in [0.3, 0.4) is 0 Å². The van der Waals surface area contributed by atoms with Gasteiger partial charge in [-0.05, 0) is 49.9 Å². The van der Waals surface area contributed by atoms with Crippen LogP contribution in [-0.2, 0) is 0 Å². The first-order chi connectivity index (χ1) is 9.17. The molecule has 1 aromatic carbocycles. The third kappa shape index (κ3) is 2.88. The Labute approximate surface area is 113 Å². The lowest BCUT2D eigenvalue weighted by molar-refractivity contribution is 0.0569. The maximum atomic E-state index is 12.8. The summed E-state index contributed by atoms with van der Waals surface area (Å²) in [5.74, 6) is -0.201. The molecule has 0 radical (unpaired) electrons. The topological polar surface area (TPSA) is 23.5 Å². The molecule has 1 aliphatic carbocycles. The van der Waals surface area contributed by atoms with Crippen LogP contribution in [0.1, 0.15) is 31.2 Å². The first kappa shape index (κ1) is 12.8. The monoisotopic (exact) mass is 261 g/mol. The average Bonchev–Trinajstić information content (AvgIpc) is 2.97. The Bertz CT molecular complexity index is 464. The molecule has 1 aliphatic heterocycles. The van der Waals surface area contributed by atoms with Gasteiger partial charge < -0.3 is 5.11 Å². The highest BCUT2D eigenvalue weighted by Crippen LogP contribution is 2.44. The van der Waals surface area contributed by atoms with Crippen molar-refractivity contribution >= 4 is 6.08 Å². The molecule has 1 aromatic rings. The Morgan fingerprint density at radius 2 is 2.05 bits per heavy atom. The molecule has 3 heteroatoms. The Hall–Kier alpha value is -1.19. The number of nitrogens with zero attached hydrogens (tertiary/aromatic N) is 1. The first-order valence-corrected chi connectivity index (χ1v) is 7.06. The first-order valence-electron chi connectivity index (χ1n) is 7.06. The summed E-state index contributed by atoms with van der Waals surface area (Å²) in [5.41, 5.74) is 0.613. The van der Waals surface area contributed by atoms with Crippen LogP contribution < -0.4 is 0 Å². The van der Waals surface area contributed by atoms with Crippen LogP contribution in [0.25, 0.3) is 6.08 Å². The molecule has 0 amide bonds. The fraction of sp³-hybridized carbons (Fsp3) is 0.500. The van der Waals surface area contributed by atoms with Crippen LogP contribution in [0.4, 0.5) is 4.39 Å². The summed E-state index contributed by atoms with van der Waals surface area (Å²) in [7, 11) is 0. The minimum Gasteiger partial charge on any atom is -0.388 e. The van der Waals surface area contributed by atoms with Crippen LogP contribution >= 0.6 is 0 Å². The molecular weight excluding hydrogens is 241 g/mol. The molecule has 0 spiro atoms. The highest BCUT2D eigenvalue weighted by atomic mass is 19.1. The van der Waals surface area contributed by atoms with E-state index >= 15 is 0 Å². The van der Waals surface area contributed by atoms with Gasteiger partial charge in [-0.15, -0.1) is 0 Å². The maximum absolute atomic E-state index is 12.8. The molecule has 1 heterocycles. The Morgan fingerprint density at radius 3 is 2.74 bits per heavy atom. The van der Waals surface area contributed by atoms with Crippen molar-refractivity contribution < 1.29 is 9.50 Å². The number of hydrogen-bond donors (Lipinski definition) is 1. The minimum absolute atomic E-state index is 0.201. The van der Waals surface area contributed by atoms with Gasteiger partial charge in [0.15, 0.2) is 0 Å². The summed E-state index contributed by atoms with van der Waals surface area (Å²) < 4.78 is 12.8. The maximum Gasteiger partial charge on any atom is 0.123 e. The molecule has 1 N–H and O–H groups in total. The Balaban J connectivity index is 1.58. The van der Waals surface area contributed by atoms with Crippen molar-refractivity contribution in [3.63, 3.8) is 0 Å². The van der Waals surface area contributed by atoms with Crippen LogP contribution in [0, 0.1) is 5.82 Å². The molecule has 0 aromatic heterocycles. The van der Waals surface area contributed by atoms with Crippen LogP contribution in [0.2, 0.25) is 0 Å². The highest BCUT2D eigenvalue weighted by molar-refractivity contribution is 5.49. The number of hydrogen-bond acceptors (Lipinski definition) is 2. The molecule has 2 nitrogen and oxygen atoms in total. The smallest absolute Gasteiger partial charge is 0.123 e. The van der Waals surface area contributed by atoms with E-state index in [-0.39, 0.29) is 5.82 Å². The quantitative estimate of drug-likeness (QED) is 0.901. The van der Waals surface area contributed by atoms with Crippen molar-refractivity contribution in [2.24, 2.45) is 0 Å². The second-order valence-corrected chi connectivity index (χ2v) is 5.71. The second kappa shape index (κ2) is 5.06. The van der Waals surface area contributed by atoms with Crippen molar-refractivity contribution in [1.82, 2.24) is 4.90 Å². The van der Waals surface area contributed by atoms with Crippen LogP contribution in [0.15, 0.2) is 30.3 Å². The normalized spacial score (nSPS) is 26.1. The van der Waals surface area contributed by atoms with Crippen molar-refractivity contribution in [1.29, 1.82) is 0 Å². The zero-order valence-electron chi connectivity index (χ0n) is 11.1. The van der Waals surface area contributed by atoms with Gasteiger partial charge in [0.1, 0.15) is 5.82 Å². The lowest BCUT2D eigenvalue weighted by Crippen LogP contribution is -2.40. The van der Waals surface area contributed by atoms with E-state index < -0.39 is 5.60 Å². The van der Waals surface area contributed by atoms with Gasteiger partial charge in [-0.1, -0.05) is 24.3 Å². The number of benzene rings is 1. The minimum atomic E-state index is -0.403.